The number of halogens is 1. The fraction of sp³-hybridized carbons (Fsp3) is 0.571. The number of hydrogen-bond acceptors (Lipinski definition) is 4. The Morgan fingerprint density at radius 2 is 2.10 bits per heavy atom. The van der Waals surface area contributed by atoms with Crippen LogP contribution in [0.15, 0.2) is 24.3 Å². The maximum Gasteiger partial charge on any atom is 0.407 e. The molecule has 0 unspecified atom stereocenters. The van der Waals surface area contributed by atoms with Crippen molar-refractivity contribution >= 4 is 29.6 Å². The number of urea groups is 1. The molecule has 2 fully saturated rings. The highest BCUT2D eigenvalue weighted by atomic mass is 35.5. The molecule has 158 valence electrons. The Morgan fingerprint density at radius 1 is 1.34 bits per heavy atom. The van der Waals surface area contributed by atoms with Crippen LogP contribution in [0.3, 0.4) is 0 Å². The monoisotopic (exact) mass is 421 g/mol. The van der Waals surface area contributed by atoms with Gasteiger partial charge in [-0.1, -0.05) is 36.6 Å². The van der Waals surface area contributed by atoms with E-state index in [2.05, 4.69) is 10.6 Å². The first-order valence-electron chi connectivity index (χ1n) is 9.96. The average molecular weight is 422 g/mol. The van der Waals surface area contributed by atoms with Crippen LogP contribution in [0, 0.1) is 5.92 Å². The van der Waals surface area contributed by atoms with Crippen molar-refractivity contribution in [2.75, 3.05) is 6.54 Å². The summed E-state index contributed by atoms with van der Waals surface area (Å²) in [5.41, 5.74) is -0.792. The maximum atomic E-state index is 13.3. The average Bonchev–Trinajstić information content (AvgIpc) is 2.84. The number of nitrogens with zero attached hydrogens (tertiary/aromatic N) is 1. The van der Waals surface area contributed by atoms with E-state index in [0.29, 0.717) is 11.4 Å². The van der Waals surface area contributed by atoms with Crippen molar-refractivity contribution in [2.45, 2.75) is 64.1 Å². The van der Waals surface area contributed by atoms with Gasteiger partial charge in [0.15, 0.2) is 0 Å². The van der Waals surface area contributed by atoms with E-state index in [1.165, 1.54) is 4.90 Å². The van der Waals surface area contributed by atoms with Crippen LogP contribution in [0.5, 0.6) is 0 Å². The summed E-state index contributed by atoms with van der Waals surface area (Å²) in [5.74, 6) is -0.428. The number of carbonyl (C=O) groups is 3. The molecule has 1 spiro atoms. The van der Waals surface area contributed by atoms with E-state index in [0.717, 1.165) is 24.8 Å². The molecule has 1 aliphatic carbocycles. The quantitative estimate of drug-likeness (QED) is 0.723. The highest BCUT2D eigenvalue weighted by Gasteiger charge is 2.56. The van der Waals surface area contributed by atoms with Gasteiger partial charge in [0, 0.05) is 17.5 Å². The summed E-state index contributed by atoms with van der Waals surface area (Å²) < 4.78 is 5.29. The second kappa shape index (κ2) is 8.22. The first-order valence-corrected chi connectivity index (χ1v) is 10.3. The maximum absolute atomic E-state index is 13.3. The molecule has 1 saturated carbocycles. The SMILES string of the molecule is CC(C)(C)OC(=O)NC[C@H]1CCCC[C@]12NC(=O)N(Cc1cccc(Cl)c1)C2=O. The third-order valence-electron chi connectivity index (χ3n) is 5.39. The number of benzene rings is 1. The fourth-order valence-corrected chi connectivity index (χ4v) is 4.31. The number of carbonyl (C=O) groups excluding carboxylic acids is 3. The zero-order valence-corrected chi connectivity index (χ0v) is 17.8. The van der Waals surface area contributed by atoms with Gasteiger partial charge in [-0.3, -0.25) is 9.69 Å². The number of imide groups is 1. The van der Waals surface area contributed by atoms with Gasteiger partial charge >= 0.3 is 12.1 Å². The number of amides is 4. The van der Waals surface area contributed by atoms with Gasteiger partial charge in [-0.2, -0.15) is 0 Å². The van der Waals surface area contributed by atoms with Crippen molar-refractivity contribution in [2.24, 2.45) is 5.92 Å². The van der Waals surface area contributed by atoms with Crippen LogP contribution >= 0.6 is 11.6 Å². The number of alkyl carbamates (subject to hydrolysis) is 1. The molecule has 4 amide bonds. The Balaban J connectivity index is 1.73. The summed E-state index contributed by atoms with van der Waals surface area (Å²) in [7, 11) is 0. The molecule has 8 heteroatoms. The second-order valence-corrected chi connectivity index (χ2v) is 9.18. The van der Waals surface area contributed by atoms with Gasteiger partial charge in [-0.15, -0.1) is 0 Å². The minimum absolute atomic E-state index is 0.166. The molecule has 7 nitrogen and oxygen atoms in total. The van der Waals surface area contributed by atoms with Crippen LogP contribution in [0.1, 0.15) is 52.0 Å². The summed E-state index contributed by atoms with van der Waals surface area (Å²) in [5, 5.41) is 6.26. The summed E-state index contributed by atoms with van der Waals surface area (Å²) >= 11 is 6.03. The number of rotatable bonds is 4. The highest BCUT2D eigenvalue weighted by molar-refractivity contribution is 6.30. The van der Waals surface area contributed by atoms with E-state index in [-0.39, 0.29) is 24.9 Å². The zero-order valence-electron chi connectivity index (χ0n) is 17.1. The molecule has 1 aliphatic heterocycles. The summed E-state index contributed by atoms with van der Waals surface area (Å²) in [6, 6.07) is 6.71. The molecule has 3 rings (SSSR count). The van der Waals surface area contributed by atoms with Crippen LogP contribution < -0.4 is 10.6 Å². The first kappa shape index (κ1) is 21.4. The lowest BCUT2D eigenvalue weighted by molar-refractivity contribution is -0.134. The summed E-state index contributed by atoms with van der Waals surface area (Å²) in [4.78, 5) is 39.3. The molecule has 1 saturated heterocycles. The van der Waals surface area contributed by atoms with E-state index in [9.17, 15) is 14.4 Å². The zero-order chi connectivity index (χ0) is 21.2. The molecule has 1 heterocycles. The van der Waals surface area contributed by atoms with Crippen molar-refractivity contribution in [3.63, 3.8) is 0 Å². The molecule has 0 radical (unpaired) electrons. The van der Waals surface area contributed by atoms with E-state index >= 15 is 0 Å². The largest absolute Gasteiger partial charge is 0.444 e. The minimum atomic E-state index is -0.983. The summed E-state index contributed by atoms with van der Waals surface area (Å²) in [6.07, 6.45) is 2.57. The Hall–Kier alpha value is -2.28. The first-order chi connectivity index (χ1) is 13.6. The molecule has 0 bridgehead atoms. The third kappa shape index (κ3) is 4.83. The van der Waals surface area contributed by atoms with Crippen LogP contribution in [0.4, 0.5) is 9.59 Å². The molecule has 2 atom stereocenters. The predicted molar refractivity (Wildman–Crippen MR) is 109 cm³/mol. The number of nitrogens with one attached hydrogen (secondary N) is 2. The van der Waals surface area contributed by atoms with Gasteiger partial charge in [-0.05, 0) is 51.3 Å². The number of hydrogen-bond donors (Lipinski definition) is 2. The van der Waals surface area contributed by atoms with Crippen molar-refractivity contribution < 1.29 is 19.1 Å². The van der Waals surface area contributed by atoms with Gasteiger partial charge in [0.25, 0.3) is 5.91 Å². The van der Waals surface area contributed by atoms with Gasteiger partial charge in [0.1, 0.15) is 11.1 Å². The Bertz CT molecular complexity index is 807. The molecule has 1 aromatic rings. The minimum Gasteiger partial charge on any atom is -0.444 e. The smallest absolute Gasteiger partial charge is 0.407 e. The van der Waals surface area contributed by atoms with E-state index < -0.39 is 23.3 Å². The highest BCUT2D eigenvalue weighted by Crippen LogP contribution is 2.38. The molecule has 2 N–H and O–H groups in total. The normalized spacial score (nSPS) is 24.6. The van der Waals surface area contributed by atoms with Crippen LogP contribution in [0.25, 0.3) is 0 Å². The molecule has 0 aromatic heterocycles. The molecule has 2 aliphatic rings. The van der Waals surface area contributed by atoms with E-state index in [1.807, 2.05) is 6.07 Å². The second-order valence-electron chi connectivity index (χ2n) is 8.75. The van der Waals surface area contributed by atoms with Crippen LogP contribution in [-0.4, -0.2) is 40.6 Å². The molecule has 1 aromatic carbocycles. The van der Waals surface area contributed by atoms with Gasteiger partial charge < -0.3 is 15.4 Å². The Morgan fingerprint density at radius 3 is 2.79 bits per heavy atom. The van der Waals surface area contributed by atoms with Crippen LogP contribution in [0.2, 0.25) is 5.02 Å². The predicted octanol–water partition coefficient (Wildman–Crippen LogP) is 3.85. The van der Waals surface area contributed by atoms with Crippen molar-refractivity contribution in [3.8, 4) is 0 Å². The number of ether oxygens (including phenoxy) is 1. The van der Waals surface area contributed by atoms with Crippen molar-refractivity contribution in [3.05, 3.63) is 34.9 Å². The lowest BCUT2D eigenvalue weighted by Crippen LogP contribution is -2.57. The topological polar surface area (TPSA) is 87.7 Å². The lowest BCUT2D eigenvalue weighted by atomic mass is 9.72. The van der Waals surface area contributed by atoms with E-state index in [1.54, 1.807) is 39.0 Å². The Kier molecular flexibility index (Phi) is 6.08. The van der Waals surface area contributed by atoms with Gasteiger partial charge in [0.05, 0.1) is 6.54 Å². The van der Waals surface area contributed by atoms with Crippen LogP contribution in [-0.2, 0) is 16.1 Å². The standard InChI is InChI=1S/C21H28ClN3O4/c1-20(2,3)29-19(28)23-12-15-8-4-5-10-21(15)17(26)25(18(27)24-21)13-14-7-6-9-16(22)11-14/h6-7,9,11,15H,4-5,8,10,12-13H2,1-3H3,(H,23,28)(H,24,27)/t15-,21+/m1/s1. The Labute approximate surface area is 176 Å². The lowest BCUT2D eigenvalue weighted by Gasteiger charge is -2.39. The van der Waals surface area contributed by atoms with Gasteiger partial charge in [0.2, 0.25) is 0 Å². The molecular weight excluding hydrogens is 394 g/mol. The summed E-state index contributed by atoms with van der Waals surface area (Å²) in [6.45, 7) is 5.82. The molecule has 29 heavy (non-hydrogen) atoms. The van der Waals surface area contributed by atoms with E-state index in [4.69, 9.17) is 16.3 Å². The van der Waals surface area contributed by atoms with Crippen molar-refractivity contribution in [1.29, 1.82) is 0 Å². The fourth-order valence-electron chi connectivity index (χ4n) is 4.09. The molecular formula is C21H28ClN3O4. The third-order valence-corrected chi connectivity index (χ3v) is 5.63. The van der Waals surface area contributed by atoms with Gasteiger partial charge in [-0.25, -0.2) is 9.59 Å². The van der Waals surface area contributed by atoms with Crippen molar-refractivity contribution in [1.82, 2.24) is 15.5 Å².